The van der Waals surface area contributed by atoms with Crippen LogP contribution in [0.25, 0.3) is 0 Å². The molecule has 2 nitrogen and oxygen atoms in total. The summed E-state index contributed by atoms with van der Waals surface area (Å²) < 4.78 is 0. The topological polar surface area (TPSA) is 27.0 Å². The molecule has 1 rings (SSSR count). The Kier molecular flexibility index (Phi) is 5.56. The van der Waals surface area contributed by atoms with Gasteiger partial charge in [0.05, 0.1) is 6.07 Å². The zero-order valence-corrected chi connectivity index (χ0v) is 11.1. The van der Waals surface area contributed by atoms with Crippen LogP contribution in [0.15, 0.2) is 24.3 Å². The molecule has 0 radical (unpaired) electrons. The van der Waals surface area contributed by atoms with Gasteiger partial charge in [-0.2, -0.15) is 5.26 Å². The number of unbranched alkanes of at least 4 members (excludes halogenated alkanes) is 1. The summed E-state index contributed by atoms with van der Waals surface area (Å²) in [6.45, 7) is 5.42. The minimum Gasteiger partial charge on any atom is -0.375 e. The van der Waals surface area contributed by atoms with Gasteiger partial charge in [0, 0.05) is 25.7 Å². The number of hydrogen-bond acceptors (Lipinski definition) is 2. The van der Waals surface area contributed by atoms with E-state index in [1.165, 1.54) is 11.3 Å². The lowest BCUT2D eigenvalue weighted by atomic mass is 10.0. The van der Waals surface area contributed by atoms with Crippen LogP contribution in [0.5, 0.6) is 0 Å². The number of anilines is 1. The van der Waals surface area contributed by atoms with Crippen molar-refractivity contribution in [3.05, 3.63) is 29.8 Å². The molecule has 0 aliphatic rings. The first-order chi connectivity index (χ1) is 8.13. The zero-order valence-electron chi connectivity index (χ0n) is 11.1. The first-order valence-corrected chi connectivity index (χ1v) is 6.30. The fraction of sp³-hybridized carbons (Fsp3) is 0.533. The van der Waals surface area contributed by atoms with Crippen molar-refractivity contribution in [1.29, 1.82) is 5.26 Å². The highest BCUT2D eigenvalue weighted by atomic mass is 15.1. The second-order valence-corrected chi connectivity index (χ2v) is 4.95. The Morgan fingerprint density at radius 1 is 1.24 bits per heavy atom. The highest BCUT2D eigenvalue weighted by Gasteiger charge is 2.02. The molecule has 0 bridgehead atoms. The van der Waals surface area contributed by atoms with E-state index in [0.29, 0.717) is 12.3 Å². The number of nitrogens with zero attached hydrogens (tertiary/aromatic N) is 2. The molecule has 0 atom stereocenters. The van der Waals surface area contributed by atoms with Gasteiger partial charge in [0.15, 0.2) is 0 Å². The minimum absolute atomic E-state index is 0.635. The van der Waals surface area contributed by atoms with E-state index in [4.69, 9.17) is 5.26 Å². The van der Waals surface area contributed by atoms with Crippen LogP contribution in [0, 0.1) is 17.2 Å². The highest BCUT2D eigenvalue weighted by molar-refractivity contribution is 5.46. The van der Waals surface area contributed by atoms with Gasteiger partial charge in [0.2, 0.25) is 0 Å². The molecule has 0 aliphatic carbocycles. The van der Waals surface area contributed by atoms with Crippen molar-refractivity contribution in [2.75, 3.05) is 18.5 Å². The van der Waals surface area contributed by atoms with E-state index < -0.39 is 0 Å². The summed E-state index contributed by atoms with van der Waals surface area (Å²) in [6.07, 6.45) is 2.70. The fourth-order valence-corrected chi connectivity index (χ4v) is 1.88. The van der Waals surface area contributed by atoms with Crippen molar-refractivity contribution in [3.8, 4) is 6.07 Å². The first-order valence-electron chi connectivity index (χ1n) is 6.30. The standard InChI is InChI=1S/C15H22N2/c1-13(2)12-14-6-8-15(9-7-14)17(3)11-5-4-10-16/h6-9,13H,4-5,11-12H2,1-3H3. The van der Waals surface area contributed by atoms with Crippen molar-refractivity contribution in [3.63, 3.8) is 0 Å². The van der Waals surface area contributed by atoms with E-state index in [9.17, 15) is 0 Å². The van der Waals surface area contributed by atoms with Gasteiger partial charge in [-0.1, -0.05) is 26.0 Å². The van der Waals surface area contributed by atoms with Crippen LogP contribution in [-0.2, 0) is 6.42 Å². The van der Waals surface area contributed by atoms with E-state index in [0.717, 1.165) is 19.4 Å². The van der Waals surface area contributed by atoms with E-state index in [1.54, 1.807) is 0 Å². The van der Waals surface area contributed by atoms with Crippen LogP contribution in [0.3, 0.4) is 0 Å². The third-order valence-corrected chi connectivity index (χ3v) is 2.80. The molecule has 0 spiro atoms. The SMILES string of the molecule is CC(C)Cc1ccc(N(C)CCCC#N)cc1. The zero-order chi connectivity index (χ0) is 12.7. The molecular weight excluding hydrogens is 208 g/mol. The maximum Gasteiger partial charge on any atom is 0.0622 e. The summed E-state index contributed by atoms with van der Waals surface area (Å²) in [4.78, 5) is 2.20. The second-order valence-electron chi connectivity index (χ2n) is 4.95. The van der Waals surface area contributed by atoms with Crippen LogP contribution in [0.2, 0.25) is 0 Å². The first kappa shape index (κ1) is 13.6. The van der Waals surface area contributed by atoms with Gasteiger partial charge in [-0.3, -0.25) is 0 Å². The molecule has 0 heterocycles. The molecule has 17 heavy (non-hydrogen) atoms. The smallest absolute Gasteiger partial charge is 0.0622 e. The van der Waals surface area contributed by atoms with Crippen LogP contribution in [0.1, 0.15) is 32.3 Å². The monoisotopic (exact) mass is 230 g/mol. The average molecular weight is 230 g/mol. The predicted octanol–water partition coefficient (Wildman–Crippen LogP) is 3.63. The molecule has 1 aromatic rings. The molecular formula is C15H22N2. The number of rotatable bonds is 6. The normalized spacial score (nSPS) is 10.3. The molecule has 92 valence electrons. The van der Waals surface area contributed by atoms with E-state index in [2.05, 4.69) is 56.1 Å². The maximum absolute atomic E-state index is 8.50. The Balaban J connectivity index is 2.52. The van der Waals surface area contributed by atoms with Crippen LogP contribution < -0.4 is 4.90 Å². The summed E-state index contributed by atoms with van der Waals surface area (Å²) in [5.74, 6) is 0.703. The number of nitriles is 1. The molecule has 0 aromatic heterocycles. The Bertz CT molecular complexity index is 360. The van der Waals surface area contributed by atoms with Crippen molar-refractivity contribution < 1.29 is 0 Å². The Morgan fingerprint density at radius 2 is 1.88 bits per heavy atom. The van der Waals surface area contributed by atoms with Crippen molar-refractivity contribution in [1.82, 2.24) is 0 Å². The molecule has 0 saturated heterocycles. The fourth-order valence-electron chi connectivity index (χ4n) is 1.88. The van der Waals surface area contributed by atoms with Gasteiger partial charge in [-0.25, -0.2) is 0 Å². The quantitative estimate of drug-likeness (QED) is 0.698. The molecule has 0 saturated carbocycles. The van der Waals surface area contributed by atoms with Crippen LogP contribution in [-0.4, -0.2) is 13.6 Å². The molecule has 0 N–H and O–H groups in total. The molecule has 0 unspecified atom stereocenters. The van der Waals surface area contributed by atoms with Gasteiger partial charge in [-0.05, 0) is 36.5 Å². The third-order valence-electron chi connectivity index (χ3n) is 2.80. The maximum atomic E-state index is 8.50. The third kappa shape index (κ3) is 4.91. The molecule has 0 fully saturated rings. The lowest BCUT2D eigenvalue weighted by Crippen LogP contribution is -2.18. The Hall–Kier alpha value is -1.49. The Labute approximate surface area is 105 Å². The van der Waals surface area contributed by atoms with Crippen LogP contribution >= 0.6 is 0 Å². The van der Waals surface area contributed by atoms with Crippen molar-refractivity contribution in [2.45, 2.75) is 33.1 Å². The largest absolute Gasteiger partial charge is 0.375 e. The van der Waals surface area contributed by atoms with Gasteiger partial charge in [0.1, 0.15) is 0 Å². The number of benzene rings is 1. The molecule has 0 amide bonds. The predicted molar refractivity (Wildman–Crippen MR) is 73.1 cm³/mol. The summed E-state index contributed by atoms with van der Waals surface area (Å²) in [6, 6.07) is 10.9. The summed E-state index contributed by atoms with van der Waals surface area (Å²) in [7, 11) is 2.08. The highest BCUT2D eigenvalue weighted by Crippen LogP contribution is 2.16. The second kappa shape index (κ2) is 6.96. The van der Waals surface area contributed by atoms with Crippen molar-refractivity contribution >= 4 is 5.69 Å². The molecule has 0 aliphatic heterocycles. The van der Waals surface area contributed by atoms with Gasteiger partial charge < -0.3 is 4.90 Å². The molecule has 1 aromatic carbocycles. The summed E-state index contributed by atoms with van der Waals surface area (Å²) in [5, 5.41) is 8.50. The molecule has 2 heteroatoms. The van der Waals surface area contributed by atoms with E-state index in [1.807, 2.05) is 0 Å². The van der Waals surface area contributed by atoms with Gasteiger partial charge in [0.25, 0.3) is 0 Å². The minimum atomic E-state index is 0.635. The van der Waals surface area contributed by atoms with E-state index in [-0.39, 0.29) is 0 Å². The van der Waals surface area contributed by atoms with Crippen LogP contribution in [0.4, 0.5) is 5.69 Å². The lowest BCUT2D eigenvalue weighted by molar-refractivity contribution is 0.647. The van der Waals surface area contributed by atoms with Crippen molar-refractivity contribution in [2.24, 2.45) is 5.92 Å². The average Bonchev–Trinajstić information content (AvgIpc) is 2.29. The van der Waals surface area contributed by atoms with Gasteiger partial charge in [-0.15, -0.1) is 0 Å². The van der Waals surface area contributed by atoms with Gasteiger partial charge >= 0.3 is 0 Å². The lowest BCUT2D eigenvalue weighted by Gasteiger charge is -2.19. The summed E-state index contributed by atoms with van der Waals surface area (Å²) >= 11 is 0. The summed E-state index contributed by atoms with van der Waals surface area (Å²) in [5.41, 5.74) is 2.63. The Morgan fingerprint density at radius 3 is 2.41 bits per heavy atom. The van der Waals surface area contributed by atoms with E-state index >= 15 is 0 Å². The number of hydrogen-bond donors (Lipinski definition) is 0.